The van der Waals surface area contributed by atoms with E-state index in [0.29, 0.717) is 12.8 Å². The first kappa shape index (κ1) is 27.3. The average molecular weight is 541 g/mol. The van der Waals surface area contributed by atoms with Crippen LogP contribution in [0.1, 0.15) is 85.5 Å². The Kier molecular flexibility index (Phi) is 6.75. The molecular weight excluding hydrogens is 496 g/mol. The zero-order valence-electron chi connectivity index (χ0n) is 23.8. The van der Waals surface area contributed by atoms with Crippen LogP contribution in [0.4, 0.5) is 0 Å². The Morgan fingerprint density at radius 2 is 1.90 bits per heavy atom. The molecule has 6 rings (SSSR count). The zero-order chi connectivity index (χ0) is 27.7. The fourth-order valence-electron chi connectivity index (χ4n) is 9.62. The van der Waals surface area contributed by atoms with Gasteiger partial charge in [-0.15, -0.1) is 0 Å². The van der Waals surface area contributed by atoms with Gasteiger partial charge in [-0.2, -0.15) is 0 Å². The van der Waals surface area contributed by atoms with Crippen LogP contribution in [0.15, 0.2) is 23.8 Å². The second kappa shape index (κ2) is 9.63. The summed E-state index contributed by atoms with van der Waals surface area (Å²) in [5, 5.41) is 11.9. The first-order valence-corrected chi connectivity index (χ1v) is 15.2. The molecule has 4 saturated carbocycles. The average Bonchev–Trinajstić information content (AvgIpc) is 3.41. The summed E-state index contributed by atoms with van der Waals surface area (Å²) in [6.45, 7) is 7.44. The van der Waals surface area contributed by atoms with Crippen LogP contribution in [0.3, 0.4) is 0 Å². The van der Waals surface area contributed by atoms with Gasteiger partial charge in [0.05, 0.1) is 18.1 Å². The van der Waals surface area contributed by atoms with Crippen molar-refractivity contribution in [3.63, 3.8) is 0 Å². The van der Waals surface area contributed by atoms with E-state index in [9.17, 15) is 19.5 Å². The topological polar surface area (TPSA) is 99.1 Å². The highest BCUT2D eigenvalue weighted by molar-refractivity contribution is 6.01. The van der Waals surface area contributed by atoms with Gasteiger partial charge in [-0.1, -0.05) is 58.6 Å². The lowest BCUT2D eigenvalue weighted by molar-refractivity contribution is -0.210. The van der Waals surface area contributed by atoms with Gasteiger partial charge in [-0.3, -0.25) is 14.4 Å². The number of allylic oxidation sites excluding steroid dienone is 4. The van der Waals surface area contributed by atoms with Gasteiger partial charge in [0.1, 0.15) is 0 Å². The molecule has 0 spiro atoms. The fraction of sp³-hybridized carbons (Fsp3) is 0.781. The number of aliphatic hydroxyl groups excluding tert-OH is 1. The summed E-state index contributed by atoms with van der Waals surface area (Å²) >= 11 is 0. The Balaban J connectivity index is 1.35. The summed E-state index contributed by atoms with van der Waals surface area (Å²) in [6.07, 6.45) is 12.2. The van der Waals surface area contributed by atoms with E-state index in [1.54, 1.807) is 26.0 Å². The van der Waals surface area contributed by atoms with Crippen LogP contribution < -0.4 is 0 Å². The SMILES string of the molecule is CC(C)C(=O)OCC(=O)[C@]12O[C@@H](C3CCCCC3)O[C@H]1C[C@@H]1[C@H]3CCC4=CC(=O)C=C[C@]4(C)[C@@H]3[C@@H](O)C[C@@]12C. The molecule has 1 heterocycles. The minimum atomic E-state index is -1.25. The first-order valence-electron chi connectivity index (χ1n) is 15.2. The number of ether oxygens (including phenoxy) is 3. The number of hydrogen-bond acceptors (Lipinski definition) is 7. The molecule has 7 nitrogen and oxygen atoms in total. The van der Waals surface area contributed by atoms with Gasteiger partial charge in [-0.25, -0.2) is 0 Å². The van der Waals surface area contributed by atoms with Crippen LogP contribution in [0.2, 0.25) is 0 Å². The molecule has 214 valence electrons. The van der Waals surface area contributed by atoms with Crippen LogP contribution in [-0.4, -0.2) is 53.3 Å². The highest BCUT2D eigenvalue weighted by atomic mass is 16.7. The third-order valence-corrected chi connectivity index (χ3v) is 11.5. The van der Waals surface area contributed by atoms with E-state index in [0.717, 1.165) is 44.1 Å². The molecule has 1 N–H and O–H groups in total. The second-order valence-corrected chi connectivity index (χ2v) is 13.9. The third-order valence-electron chi connectivity index (χ3n) is 11.5. The summed E-state index contributed by atoms with van der Waals surface area (Å²) in [5.41, 5.74) is -1.19. The molecule has 1 aliphatic heterocycles. The van der Waals surface area contributed by atoms with E-state index in [2.05, 4.69) is 13.8 Å². The van der Waals surface area contributed by atoms with Crippen LogP contribution in [-0.2, 0) is 28.6 Å². The molecule has 7 heteroatoms. The van der Waals surface area contributed by atoms with Gasteiger partial charge in [0.2, 0.25) is 5.78 Å². The van der Waals surface area contributed by atoms with Gasteiger partial charge in [-0.05, 0) is 62.5 Å². The Hall–Kier alpha value is -1.83. The zero-order valence-corrected chi connectivity index (χ0v) is 23.8. The maximum absolute atomic E-state index is 14.2. The summed E-state index contributed by atoms with van der Waals surface area (Å²) in [7, 11) is 0. The minimum Gasteiger partial charge on any atom is -0.457 e. The number of ketones is 2. The lowest BCUT2D eigenvalue weighted by Gasteiger charge is -2.59. The molecule has 9 atom stereocenters. The minimum absolute atomic E-state index is 0.0162. The van der Waals surface area contributed by atoms with Crippen molar-refractivity contribution in [1.82, 2.24) is 0 Å². The molecular formula is C32H44O7. The molecule has 39 heavy (non-hydrogen) atoms. The Labute approximate surface area is 231 Å². The van der Waals surface area contributed by atoms with Gasteiger partial charge < -0.3 is 19.3 Å². The van der Waals surface area contributed by atoms with Crippen LogP contribution in [0.25, 0.3) is 0 Å². The second-order valence-electron chi connectivity index (χ2n) is 13.9. The Bertz CT molecular complexity index is 1100. The van der Waals surface area contributed by atoms with Crippen molar-refractivity contribution in [2.45, 2.75) is 110 Å². The number of carbonyl (C=O) groups excluding carboxylic acids is 3. The summed E-state index contributed by atoms with van der Waals surface area (Å²) in [4.78, 5) is 38.7. The molecule has 0 radical (unpaired) electrons. The molecule has 0 bridgehead atoms. The molecule has 0 aromatic heterocycles. The number of carbonyl (C=O) groups is 3. The highest BCUT2D eigenvalue weighted by Gasteiger charge is 2.76. The van der Waals surface area contributed by atoms with Gasteiger partial charge in [0.15, 0.2) is 24.3 Å². The van der Waals surface area contributed by atoms with Crippen molar-refractivity contribution >= 4 is 17.5 Å². The molecule has 5 aliphatic carbocycles. The molecule has 1 saturated heterocycles. The Morgan fingerprint density at radius 1 is 1.15 bits per heavy atom. The van der Waals surface area contributed by atoms with Crippen molar-refractivity contribution < 1.29 is 33.7 Å². The van der Waals surface area contributed by atoms with Crippen molar-refractivity contribution in [3.8, 4) is 0 Å². The number of rotatable bonds is 5. The fourth-order valence-corrected chi connectivity index (χ4v) is 9.62. The van der Waals surface area contributed by atoms with E-state index in [1.165, 1.54) is 6.42 Å². The normalized spacial score (nSPS) is 45.3. The lowest BCUT2D eigenvalue weighted by atomic mass is 9.46. The van der Waals surface area contributed by atoms with Crippen molar-refractivity contribution in [3.05, 3.63) is 23.8 Å². The van der Waals surface area contributed by atoms with E-state index in [1.807, 2.05) is 6.08 Å². The van der Waals surface area contributed by atoms with Crippen LogP contribution in [0.5, 0.6) is 0 Å². The summed E-state index contributed by atoms with van der Waals surface area (Å²) in [6, 6.07) is 0. The van der Waals surface area contributed by atoms with Gasteiger partial charge in [0, 0.05) is 22.7 Å². The molecule has 0 aromatic carbocycles. The molecule has 0 aromatic rings. The number of esters is 1. The standard InChI is InChI=1S/C32H44O7/c1-18(2)28(36)37-17-25(35)32-26(38-29(39-32)19-8-6-5-7-9-19)15-23-22-11-10-20-14-21(33)12-13-30(20,3)27(22)24(34)16-31(23,32)4/h12-14,18-19,22-24,26-27,29,34H,5-11,15-17H2,1-4H3/t22-,23-,24+,26+,27+,29+,30+,31+,32+/m1/s1. The maximum atomic E-state index is 14.2. The number of hydrogen-bond donors (Lipinski definition) is 1. The summed E-state index contributed by atoms with van der Waals surface area (Å²) in [5.74, 6) is -0.471. The monoisotopic (exact) mass is 540 g/mol. The van der Waals surface area contributed by atoms with Crippen LogP contribution in [0, 0.1) is 40.4 Å². The number of Topliss-reactive ketones (excluding diaryl/α,β-unsaturated/α-hetero) is 1. The van der Waals surface area contributed by atoms with Gasteiger partial charge >= 0.3 is 5.97 Å². The van der Waals surface area contributed by atoms with E-state index >= 15 is 0 Å². The largest absolute Gasteiger partial charge is 0.457 e. The van der Waals surface area contributed by atoms with Crippen LogP contribution >= 0.6 is 0 Å². The molecule has 0 unspecified atom stereocenters. The van der Waals surface area contributed by atoms with E-state index in [-0.39, 0.29) is 53.2 Å². The molecule has 6 aliphatic rings. The maximum Gasteiger partial charge on any atom is 0.308 e. The molecule has 5 fully saturated rings. The van der Waals surface area contributed by atoms with Crippen molar-refractivity contribution in [2.75, 3.05) is 6.61 Å². The molecule has 0 amide bonds. The predicted molar refractivity (Wildman–Crippen MR) is 143 cm³/mol. The van der Waals surface area contributed by atoms with Crippen molar-refractivity contribution in [2.24, 2.45) is 40.4 Å². The van der Waals surface area contributed by atoms with Crippen molar-refractivity contribution in [1.29, 1.82) is 0 Å². The van der Waals surface area contributed by atoms with Gasteiger partial charge in [0.25, 0.3) is 0 Å². The quantitative estimate of drug-likeness (QED) is 0.505. The van der Waals surface area contributed by atoms with E-state index in [4.69, 9.17) is 14.2 Å². The first-order chi connectivity index (χ1) is 18.5. The third kappa shape index (κ3) is 3.97. The number of fused-ring (bicyclic) bond motifs is 7. The number of aliphatic hydroxyl groups is 1. The van der Waals surface area contributed by atoms with E-state index < -0.39 is 35.5 Å². The highest BCUT2D eigenvalue weighted by Crippen LogP contribution is 2.70. The lowest BCUT2D eigenvalue weighted by Crippen LogP contribution is -2.63. The predicted octanol–water partition coefficient (Wildman–Crippen LogP) is 4.70. The summed E-state index contributed by atoms with van der Waals surface area (Å²) < 4.78 is 19.0. The smallest absolute Gasteiger partial charge is 0.308 e. The Morgan fingerprint density at radius 3 is 2.62 bits per heavy atom.